The van der Waals surface area contributed by atoms with Crippen molar-refractivity contribution < 1.29 is 95.6 Å². The maximum absolute atomic E-state index is 13.8. The van der Waals surface area contributed by atoms with Gasteiger partial charge in [-0.2, -0.15) is 0 Å². The zero-order valence-corrected chi connectivity index (χ0v) is 82.8. The Hall–Kier alpha value is -9.25. The molecule has 0 saturated carbocycles. The van der Waals surface area contributed by atoms with Crippen molar-refractivity contribution in [1.29, 1.82) is 0 Å². The molecule has 2 aromatic heterocycles. The first kappa shape index (κ1) is 107. The van der Waals surface area contributed by atoms with Gasteiger partial charge < -0.3 is 96.5 Å². The number of ketones is 1. The van der Waals surface area contributed by atoms with Gasteiger partial charge in [0.1, 0.15) is 65.8 Å². The fraction of sp³-hybridized carbons (Fsp3) is 0.423. The molecule has 5 N–H and O–H groups in total. The third kappa shape index (κ3) is 39.8. The fourth-order valence-corrected chi connectivity index (χ4v) is 18.5. The van der Waals surface area contributed by atoms with Crippen molar-refractivity contribution in [2.24, 2.45) is 0 Å². The average Bonchev–Trinajstić information content (AvgIpc) is 1.61. The number of benzene rings is 8. The summed E-state index contributed by atoms with van der Waals surface area (Å²) in [5.74, 6) is 3.10. The standard InChI is InChI=1S/C31H35N2O5PS.C18H29N2O4P.C16H14O2S.C10H12O4.C8H19N2OP.C8H8O3.C6H16OSi/c1-39(2,37)20-18-33-15-13-32(14-16-33)17-19-38-26-10-5-22(6-11-26)30(36)29-27-12-9-25(35)21-28(27)40-31(29)23-3-7-24(34)8-4-23;1-23-18(21)16-4-6-17(7-5-16)24-14-12-19-8-10-20(11-9-19)13-15-25(2,3)22;1-17-13-6-3-11(4-7-13)15-9-12-5-8-14(18-2)10-16(12)19-15;1-13-10(12)8-2-4-9(5-3-8)14-7-6-11;1-12(2,11)8-7-10-5-3-9-4-6-10;1-11-8(10)6-2-4-7(9)5-3-6;1-5-6-7-8(2,3)4/h3-12,21,34-35H,13-20H2,1-2H3;4-7H,8-15H2,1-3H3;3-10H,1-2H3;2-5,11H,6-7H2,1H3;9H,3-8H2,1-2H3;2-5,9H,1H3;5-6H2,1-4H3. The number of nitrogens with one attached hydrogen (secondary N) is 1. The molecule has 0 unspecified atom stereocenters. The summed E-state index contributed by atoms with van der Waals surface area (Å²) in [6.07, 6.45) is 3.59. The molecule has 13 rings (SSSR count). The van der Waals surface area contributed by atoms with Crippen LogP contribution in [0.25, 0.3) is 41.1 Å². The summed E-state index contributed by atoms with van der Waals surface area (Å²) >= 11 is 3.22. The minimum Gasteiger partial charge on any atom is -0.508 e. The summed E-state index contributed by atoms with van der Waals surface area (Å²) in [6, 6.07) is 55.0. The van der Waals surface area contributed by atoms with Gasteiger partial charge in [-0.15, -0.1) is 22.7 Å². The zero-order valence-electron chi connectivity index (χ0n) is 77.5. The topological polar surface area (TPSA) is 312 Å². The van der Waals surface area contributed by atoms with E-state index >= 15 is 0 Å². The van der Waals surface area contributed by atoms with E-state index in [1.165, 1.54) is 77.5 Å². The molecular weight excluding hydrogens is 1750 g/mol. The molecule has 0 aliphatic carbocycles. The van der Waals surface area contributed by atoms with Crippen LogP contribution in [0.4, 0.5) is 0 Å². The predicted molar refractivity (Wildman–Crippen MR) is 527 cm³/mol. The minimum absolute atomic E-state index is 0.0290. The van der Waals surface area contributed by atoms with Gasteiger partial charge in [0.05, 0.1) is 80.3 Å². The number of fused-ring (bicyclic) bond motifs is 2. The average molecular weight is 1890 g/mol. The first-order valence-corrected chi connectivity index (χ1v) is 56.6. The number of aliphatic hydroxyl groups is 1. The monoisotopic (exact) mass is 1890 g/mol. The Labute approximate surface area is 770 Å². The zero-order chi connectivity index (χ0) is 94.1. The molecule has 32 heteroatoms. The number of piperazine rings is 3. The Morgan fingerprint density at radius 1 is 0.403 bits per heavy atom. The molecule has 3 saturated heterocycles. The molecule has 0 radical (unpaired) electrons. The van der Waals surface area contributed by atoms with Crippen molar-refractivity contribution in [2.75, 3.05) is 238 Å². The van der Waals surface area contributed by atoms with Crippen LogP contribution in [0, 0.1) is 0 Å². The number of hydrogen-bond donors (Lipinski definition) is 5. The van der Waals surface area contributed by atoms with Crippen LogP contribution >= 0.6 is 44.1 Å². The van der Waals surface area contributed by atoms with Crippen LogP contribution in [-0.4, -0.2) is 315 Å². The van der Waals surface area contributed by atoms with Crippen molar-refractivity contribution in [1.82, 2.24) is 29.8 Å². The van der Waals surface area contributed by atoms with Gasteiger partial charge in [0.15, 0.2) is 14.1 Å². The van der Waals surface area contributed by atoms with E-state index in [0.29, 0.717) is 46.8 Å². The summed E-state index contributed by atoms with van der Waals surface area (Å²) in [5.41, 5.74) is 4.61. The number of aromatic hydroxyl groups is 3. The normalized spacial score (nSPS) is 14.0. The van der Waals surface area contributed by atoms with E-state index in [2.05, 4.69) is 101 Å². The van der Waals surface area contributed by atoms with Crippen molar-refractivity contribution in [3.8, 4) is 66.9 Å². The molecule has 3 aliphatic rings. The summed E-state index contributed by atoms with van der Waals surface area (Å²) < 4.78 is 83.7. The van der Waals surface area contributed by atoms with E-state index in [1.807, 2.05) is 70.3 Å². The number of methoxy groups -OCH3 is 5. The number of thiophene rings is 2. The van der Waals surface area contributed by atoms with Gasteiger partial charge in [-0.05, 0) is 271 Å². The number of rotatable bonds is 32. The second kappa shape index (κ2) is 54.5. The Morgan fingerprint density at radius 3 is 1.17 bits per heavy atom. The number of hydrogen-bond acceptors (Lipinski definition) is 28. The van der Waals surface area contributed by atoms with Crippen LogP contribution in [0.1, 0.15) is 60.3 Å². The number of ether oxygens (including phenoxy) is 8. The van der Waals surface area contributed by atoms with Gasteiger partial charge in [0, 0.05) is 172 Å². The molecular formula is C97H133N6O20P3S2Si. The lowest BCUT2D eigenvalue weighted by Crippen LogP contribution is -2.48. The molecule has 0 spiro atoms. The number of carbonyl (C=O) groups is 4. The number of nitrogens with zero attached hydrogens (tertiary/aromatic N) is 5. The maximum Gasteiger partial charge on any atom is 0.337 e. The molecule has 129 heavy (non-hydrogen) atoms. The SMILES string of the molecule is CCCO[Si](C)(C)C.COC(=O)c1ccc(O)cc1.COC(=O)c1ccc(OCCN2CCN(CCP(C)(C)=O)CC2)cc1.COC(=O)c1ccc(OCCO)cc1.COc1ccc(-c2cc3ccc(OC)cc3s2)cc1.CP(C)(=O)CCN1CCN(CCOc2ccc(C(=O)c3c(-c4ccc(O)cc4)sc4cc(O)ccc34)cc2)CC1.CP(C)(=O)CCN1CCNCC1. The van der Waals surface area contributed by atoms with Crippen LogP contribution in [0.2, 0.25) is 19.6 Å². The highest BCUT2D eigenvalue weighted by Gasteiger charge is 2.25. The number of carbonyl (C=O) groups excluding carboxylic acids is 4. The third-order valence-electron chi connectivity index (χ3n) is 20.5. The van der Waals surface area contributed by atoms with Gasteiger partial charge in [-0.1, -0.05) is 6.92 Å². The molecule has 3 aliphatic heterocycles. The molecule has 3 fully saturated rings. The van der Waals surface area contributed by atoms with Gasteiger partial charge in [0.25, 0.3) is 0 Å². The number of esters is 3. The maximum atomic E-state index is 13.8. The van der Waals surface area contributed by atoms with Gasteiger partial charge in [-0.3, -0.25) is 14.6 Å². The molecule has 26 nitrogen and oxygen atoms in total. The first-order valence-electron chi connectivity index (χ1n) is 43.2. The highest BCUT2D eigenvalue weighted by Crippen LogP contribution is 2.43. The van der Waals surface area contributed by atoms with Crippen molar-refractivity contribution in [3.63, 3.8) is 0 Å². The summed E-state index contributed by atoms with van der Waals surface area (Å²) in [6.45, 7) is 39.2. The van der Waals surface area contributed by atoms with Gasteiger partial charge in [0.2, 0.25) is 0 Å². The summed E-state index contributed by atoms with van der Waals surface area (Å²) in [7, 11) is 0.536. The molecule has 702 valence electrons. The lowest BCUT2D eigenvalue weighted by atomic mass is 9.97. The second-order valence-electron chi connectivity index (χ2n) is 33.3. The molecule has 0 bridgehead atoms. The van der Waals surface area contributed by atoms with Crippen LogP contribution in [-0.2, 0) is 32.3 Å². The minimum atomic E-state index is -1.97. The smallest absolute Gasteiger partial charge is 0.337 e. The highest BCUT2D eigenvalue weighted by atomic mass is 32.1. The Bertz CT molecular complexity index is 5180. The van der Waals surface area contributed by atoms with Crippen molar-refractivity contribution >= 4 is 96.3 Å². The van der Waals surface area contributed by atoms with E-state index in [1.54, 1.807) is 129 Å². The first-order chi connectivity index (χ1) is 61.5. The molecule has 10 aromatic rings. The Morgan fingerprint density at radius 2 is 0.775 bits per heavy atom. The van der Waals surface area contributed by atoms with Crippen molar-refractivity contribution in [3.05, 3.63) is 216 Å². The van der Waals surface area contributed by atoms with Gasteiger partial charge in [-0.25, -0.2) is 14.4 Å². The van der Waals surface area contributed by atoms with Crippen LogP contribution in [0.3, 0.4) is 0 Å². The number of aliphatic hydroxyl groups excluding tert-OH is 1. The summed E-state index contributed by atoms with van der Waals surface area (Å²) in [5, 5.41) is 42.4. The second-order valence-corrected chi connectivity index (χ2v) is 50.7. The lowest BCUT2D eigenvalue weighted by Gasteiger charge is -2.34. The third-order valence-corrected chi connectivity index (χ3v) is 27.8. The van der Waals surface area contributed by atoms with E-state index in [-0.39, 0.29) is 48.2 Å². The van der Waals surface area contributed by atoms with Crippen LogP contribution in [0.15, 0.2) is 188 Å². The Kier molecular flexibility index (Phi) is 45.1. The molecule has 0 atom stereocenters. The Balaban J connectivity index is 0.000000221. The van der Waals surface area contributed by atoms with Gasteiger partial charge >= 0.3 is 17.9 Å². The van der Waals surface area contributed by atoms with Crippen LogP contribution < -0.4 is 29.0 Å². The fourth-order valence-electron chi connectivity index (χ4n) is 13.0. The summed E-state index contributed by atoms with van der Waals surface area (Å²) in [4.78, 5) is 61.0. The molecule has 5 heterocycles. The van der Waals surface area contributed by atoms with Crippen molar-refractivity contribution in [2.45, 2.75) is 33.0 Å². The predicted octanol–water partition coefficient (Wildman–Crippen LogP) is 17.3. The van der Waals surface area contributed by atoms with E-state index < -0.39 is 35.7 Å². The van der Waals surface area contributed by atoms with E-state index in [9.17, 15) is 43.1 Å². The quantitative estimate of drug-likeness (QED) is 0.00860. The number of phenols is 3. The van der Waals surface area contributed by atoms with Crippen LogP contribution in [0.5, 0.6) is 46.0 Å². The number of phenolic OH excluding ortho intramolecular Hbond substituents is 3. The van der Waals surface area contributed by atoms with E-state index in [0.717, 1.165) is 186 Å². The largest absolute Gasteiger partial charge is 0.508 e. The van der Waals surface area contributed by atoms with E-state index in [4.69, 9.17) is 38.3 Å². The highest BCUT2D eigenvalue weighted by molar-refractivity contribution is 7.62. The molecule has 0 amide bonds. The lowest BCUT2D eigenvalue weighted by molar-refractivity contribution is 0.0591. The molecule has 8 aromatic carbocycles.